The average Bonchev–Trinajstić information content (AvgIpc) is 3.00. The molecule has 26 heavy (non-hydrogen) atoms. The highest BCUT2D eigenvalue weighted by atomic mass is 35.5. The largest absolute Gasteiger partial charge is 0.378 e. The van der Waals surface area contributed by atoms with E-state index in [0.29, 0.717) is 0 Å². The second-order valence-electron chi connectivity index (χ2n) is 6.58. The van der Waals surface area contributed by atoms with E-state index >= 15 is 0 Å². The van der Waals surface area contributed by atoms with Crippen molar-refractivity contribution in [2.45, 2.75) is 6.54 Å². The van der Waals surface area contributed by atoms with Crippen LogP contribution in [0.4, 0.5) is 5.69 Å². The predicted molar refractivity (Wildman–Crippen MR) is 110 cm³/mol. The van der Waals surface area contributed by atoms with Crippen LogP contribution in [0.2, 0.25) is 5.02 Å². The summed E-state index contributed by atoms with van der Waals surface area (Å²) in [5, 5.41) is 0.754. The molecule has 4 rings (SSSR count). The van der Waals surface area contributed by atoms with Gasteiger partial charge < -0.3 is 9.47 Å². The first-order valence-corrected chi connectivity index (χ1v) is 8.97. The second-order valence-corrected chi connectivity index (χ2v) is 7.02. The number of hydrogen-bond acceptors (Lipinski definition) is 2. The summed E-state index contributed by atoms with van der Waals surface area (Å²) in [4.78, 5) is 6.99. The average molecular weight is 362 g/mol. The van der Waals surface area contributed by atoms with E-state index in [2.05, 4.69) is 58.0 Å². The maximum Gasteiger partial charge on any atom is 0.141 e. The van der Waals surface area contributed by atoms with Crippen LogP contribution in [0.1, 0.15) is 5.56 Å². The van der Waals surface area contributed by atoms with Crippen LogP contribution < -0.4 is 4.90 Å². The molecule has 0 aliphatic carbocycles. The summed E-state index contributed by atoms with van der Waals surface area (Å²) in [6, 6.07) is 24.8. The van der Waals surface area contributed by atoms with Gasteiger partial charge in [-0.25, -0.2) is 4.98 Å². The molecule has 0 unspecified atom stereocenters. The van der Waals surface area contributed by atoms with Crippen molar-refractivity contribution < 1.29 is 0 Å². The Labute approximate surface area is 158 Å². The first-order chi connectivity index (χ1) is 12.6. The van der Waals surface area contributed by atoms with Crippen LogP contribution in [0.3, 0.4) is 0 Å². The summed E-state index contributed by atoms with van der Waals surface area (Å²) < 4.78 is 2.26. The van der Waals surface area contributed by atoms with Gasteiger partial charge in [0, 0.05) is 36.9 Å². The molecule has 1 heterocycles. The molecule has 0 fully saturated rings. The smallest absolute Gasteiger partial charge is 0.141 e. The van der Waals surface area contributed by atoms with Gasteiger partial charge in [0.05, 0.1) is 11.0 Å². The molecule has 130 valence electrons. The molecule has 3 nitrogen and oxygen atoms in total. The van der Waals surface area contributed by atoms with Gasteiger partial charge in [-0.05, 0) is 54.1 Å². The van der Waals surface area contributed by atoms with Gasteiger partial charge in [-0.1, -0.05) is 35.9 Å². The SMILES string of the molecule is CN(C)c1ccc(-c2nc3ccccc3n2Cc2cccc(Cl)c2)cc1. The fourth-order valence-electron chi connectivity index (χ4n) is 3.18. The highest BCUT2D eigenvalue weighted by Gasteiger charge is 2.13. The van der Waals surface area contributed by atoms with E-state index in [1.54, 1.807) is 0 Å². The first kappa shape index (κ1) is 16.7. The molecule has 0 bridgehead atoms. The second kappa shape index (κ2) is 6.85. The fraction of sp³-hybridized carbons (Fsp3) is 0.136. The van der Waals surface area contributed by atoms with Crippen molar-refractivity contribution >= 4 is 28.3 Å². The molecular formula is C22H20ClN3. The Morgan fingerprint density at radius 3 is 2.42 bits per heavy atom. The van der Waals surface area contributed by atoms with E-state index in [4.69, 9.17) is 16.6 Å². The molecule has 3 aromatic carbocycles. The molecule has 0 atom stereocenters. The van der Waals surface area contributed by atoms with Crippen molar-refractivity contribution in [2.75, 3.05) is 19.0 Å². The van der Waals surface area contributed by atoms with Crippen molar-refractivity contribution in [3.8, 4) is 11.4 Å². The number of rotatable bonds is 4. The number of benzene rings is 3. The van der Waals surface area contributed by atoms with Crippen molar-refractivity contribution in [3.05, 3.63) is 83.4 Å². The molecule has 4 heteroatoms. The lowest BCUT2D eigenvalue weighted by Gasteiger charge is -2.14. The monoisotopic (exact) mass is 361 g/mol. The Morgan fingerprint density at radius 2 is 1.69 bits per heavy atom. The molecule has 0 aliphatic heterocycles. The van der Waals surface area contributed by atoms with Crippen LogP contribution in [0.25, 0.3) is 22.4 Å². The number of halogens is 1. The summed E-state index contributed by atoms with van der Waals surface area (Å²) in [5.74, 6) is 0.969. The number of imidazole rings is 1. The Hall–Kier alpha value is -2.78. The van der Waals surface area contributed by atoms with Gasteiger partial charge in [0.1, 0.15) is 5.82 Å². The van der Waals surface area contributed by atoms with Gasteiger partial charge in [0.2, 0.25) is 0 Å². The minimum Gasteiger partial charge on any atom is -0.378 e. The predicted octanol–water partition coefficient (Wildman–Crippen LogP) is 5.47. The zero-order chi connectivity index (χ0) is 18.1. The Kier molecular flexibility index (Phi) is 4.39. The lowest BCUT2D eigenvalue weighted by molar-refractivity contribution is 0.834. The summed E-state index contributed by atoms with van der Waals surface area (Å²) in [6.07, 6.45) is 0. The summed E-state index contributed by atoms with van der Waals surface area (Å²) in [5.41, 5.74) is 5.56. The maximum atomic E-state index is 6.18. The van der Waals surface area contributed by atoms with Crippen LogP contribution in [0.15, 0.2) is 72.8 Å². The van der Waals surface area contributed by atoms with Gasteiger partial charge in [-0.3, -0.25) is 0 Å². The number of para-hydroxylation sites is 2. The van der Waals surface area contributed by atoms with Gasteiger partial charge in [-0.2, -0.15) is 0 Å². The Morgan fingerprint density at radius 1 is 0.923 bits per heavy atom. The van der Waals surface area contributed by atoms with Crippen molar-refractivity contribution in [1.29, 1.82) is 0 Å². The van der Waals surface area contributed by atoms with E-state index < -0.39 is 0 Å². The number of aromatic nitrogens is 2. The standard InChI is InChI=1S/C22H20ClN3/c1-25(2)19-12-10-17(11-13-19)22-24-20-8-3-4-9-21(20)26(22)15-16-6-5-7-18(23)14-16/h3-14H,15H2,1-2H3. The third-order valence-electron chi connectivity index (χ3n) is 4.53. The van der Waals surface area contributed by atoms with Crippen LogP contribution >= 0.6 is 11.6 Å². The van der Waals surface area contributed by atoms with Crippen molar-refractivity contribution in [3.63, 3.8) is 0 Å². The Balaban J connectivity index is 1.83. The van der Waals surface area contributed by atoms with Gasteiger partial charge in [0.15, 0.2) is 0 Å². The minimum atomic E-state index is 0.728. The number of fused-ring (bicyclic) bond motifs is 1. The summed E-state index contributed by atoms with van der Waals surface area (Å²) in [7, 11) is 4.09. The third-order valence-corrected chi connectivity index (χ3v) is 4.76. The van der Waals surface area contributed by atoms with E-state index in [9.17, 15) is 0 Å². The van der Waals surface area contributed by atoms with E-state index in [-0.39, 0.29) is 0 Å². The Bertz CT molecular complexity index is 1050. The third kappa shape index (κ3) is 3.18. The molecule has 0 saturated heterocycles. The van der Waals surface area contributed by atoms with Crippen LogP contribution in [-0.4, -0.2) is 23.6 Å². The number of nitrogens with zero attached hydrogens (tertiary/aromatic N) is 3. The highest BCUT2D eigenvalue weighted by molar-refractivity contribution is 6.30. The fourth-order valence-corrected chi connectivity index (χ4v) is 3.40. The van der Waals surface area contributed by atoms with Crippen LogP contribution in [0.5, 0.6) is 0 Å². The van der Waals surface area contributed by atoms with Gasteiger partial charge in [-0.15, -0.1) is 0 Å². The van der Waals surface area contributed by atoms with Crippen molar-refractivity contribution in [1.82, 2.24) is 9.55 Å². The number of anilines is 1. The molecule has 0 saturated carbocycles. The molecular weight excluding hydrogens is 342 g/mol. The van der Waals surface area contributed by atoms with Crippen LogP contribution in [0, 0.1) is 0 Å². The van der Waals surface area contributed by atoms with Crippen LogP contribution in [-0.2, 0) is 6.54 Å². The molecule has 0 radical (unpaired) electrons. The topological polar surface area (TPSA) is 21.1 Å². The van der Waals surface area contributed by atoms with E-state index in [1.807, 2.05) is 38.4 Å². The van der Waals surface area contributed by atoms with E-state index in [0.717, 1.165) is 39.6 Å². The molecule has 0 amide bonds. The maximum absolute atomic E-state index is 6.18. The molecule has 4 aromatic rings. The summed E-state index contributed by atoms with van der Waals surface area (Å²) >= 11 is 6.18. The lowest BCUT2D eigenvalue weighted by atomic mass is 10.1. The van der Waals surface area contributed by atoms with Gasteiger partial charge >= 0.3 is 0 Å². The lowest BCUT2D eigenvalue weighted by Crippen LogP contribution is -2.08. The number of hydrogen-bond donors (Lipinski definition) is 0. The molecule has 1 aromatic heterocycles. The summed E-state index contributed by atoms with van der Waals surface area (Å²) in [6.45, 7) is 0.728. The van der Waals surface area contributed by atoms with Crippen molar-refractivity contribution in [2.24, 2.45) is 0 Å². The zero-order valence-electron chi connectivity index (χ0n) is 14.9. The quantitative estimate of drug-likeness (QED) is 0.480. The first-order valence-electron chi connectivity index (χ1n) is 8.59. The minimum absolute atomic E-state index is 0.728. The highest BCUT2D eigenvalue weighted by Crippen LogP contribution is 2.27. The molecule has 0 spiro atoms. The normalized spacial score (nSPS) is 11.0. The van der Waals surface area contributed by atoms with Gasteiger partial charge in [0.25, 0.3) is 0 Å². The zero-order valence-corrected chi connectivity index (χ0v) is 15.6. The van der Waals surface area contributed by atoms with E-state index in [1.165, 1.54) is 5.69 Å². The molecule has 0 aliphatic rings. The molecule has 0 N–H and O–H groups in total.